The number of hydrogen-bond donors (Lipinski definition) is 2. The van der Waals surface area contributed by atoms with Crippen LogP contribution in [0.3, 0.4) is 0 Å². The summed E-state index contributed by atoms with van der Waals surface area (Å²) >= 11 is 0. The topological polar surface area (TPSA) is 38.0 Å². The predicted octanol–water partition coefficient (Wildman–Crippen LogP) is 4.08. The Hall–Kier alpha value is -2.03. The van der Waals surface area contributed by atoms with Gasteiger partial charge < -0.3 is 11.1 Å². The molecule has 2 nitrogen and oxygen atoms in total. The molecule has 0 aliphatic rings. The normalized spacial score (nSPS) is 10.4. The van der Waals surface area contributed by atoms with Gasteiger partial charge in [0.1, 0.15) is 5.82 Å². The van der Waals surface area contributed by atoms with Crippen LogP contribution in [0.1, 0.15) is 16.7 Å². The molecule has 0 heterocycles. The average Bonchev–Trinajstić information content (AvgIpc) is 2.29. The highest BCUT2D eigenvalue weighted by atomic mass is 19.1. The number of nitrogens with one attached hydrogen (secondary N) is 1. The fraction of sp³-hybridized carbons (Fsp3) is 0.200. The molecule has 0 aliphatic heterocycles. The second-order valence-electron chi connectivity index (χ2n) is 4.61. The monoisotopic (exact) mass is 244 g/mol. The number of rotatable bonds is 2. The van der Waals surface area contributed by atoms with Gasteiger partial charge in [0.05, 0.1) is 11.4 Å². The third kappa shape index (κ3) is 2.45. The van der Waals surface area contributed by atoms with Crippen molar-refractivity contribution in [2.45, 2.75) is 20.8 Å². The number of anilines is 3. The van der Waals surface area contributed by atoms with Crippen molar-refractivity contribution in [3.8, 4) is 0 Å². The van der Waals surface area contributed by atoms with Gasteiger partial charge >= 0.3 is 0 Å². The molecule has 0 amide bonds. The highest BCUT2D eigenvalue weighted by molar-refractivity contribution is 5.74. The van der Waals surface area contributed by atoms with E-state index in [-0.39, 0.29) is 5.82 Å². The Morgan fingerprint density at radius 2 is 1.56 bits per heavy atom. The van der Waals surface area contributed by atoms with Crippen molar-refractivity contribution in [3.63, 3.8) is 0 Å². The molecule has 0 atom stereocenters. The van der Waals surface area contributed by atoms with E-state index < -0.39 is 0 Å². The van der Waals surface area contributed by atoms with E-state index in [0.717, 1.165) is 16.9 Å². The Bertz CT molecular complexity index is 591. The fourth-order valence-electron chi connectivity index (χ4n) is 1.89. The molecule has 0 fully saturated rings. The van der Waals surface area contributed by atoms with Crippen LogP contribution < -0.4 is 11.1 Å². The zero-order valence-electron chi connectivity index (χ0n) is 10.8. The summed E-state index contributed by atoms with van der Waals surface area (Å²) in [5, 5.41) is 3.24. The molecule has 0 bridgehead atoms. The van der Waals surface area contributed by atoms with Crippen LogP contribution in [0.2, 0.25) is 0 Å². The van der Waals surface area contributed by atoms with Crippen molar-refractivity contribution in [1.82, 2.24) is 0 Å². The second kappa shape index (κ2) is 4.69. The average molecular weight is 244 g/mol. The van der Waals surface area contributed by atoms with Crippen LogP contribution in [0.15, 0.2) is 30.3 Å². The van der Waals surface area contributed by atoms with E-state index in [4.69, 9.17) is 5.73 Å². The van der Waals surface area contributed by atoms with E-state index in [1.54, 1.807) is 6.07 Å². The number of nitrogen functional groups attached to an aromatic ring is 1. The lowest BCUT2D eigenvalue weighted by Crippen LogP contribution is -1.99. The minimum absolute atomic E-state index is 0.324. The molecule has 2 aromatic rings. The summed E-state index contributed by atoms with van der Waals surface area (Å²) in [7, 11) is 0. The molecule has 0 unspecified atom stereocenters. The Morgan fingerprint density at radius 1 is 0.889 bits per heavy atom. The van der Waals surface area contributed by atoms with E-state index in [1.807, 2.05) is 6.92 Å². The molecule has 3 N–H and O–H groups in total. The Labute approximate surface area is 107 Å². The predicted molar refractivity (Wildman–Crippen MR) is 74.7 cm³/mol. The summed E-state index contributed by atoms with van der Waals surface area (Å²) < 4.78 is 13.0. The Kier molecular flexibility index (Phi) is 3.24. The van der Waals surface area contributed by atoms with Crippen molar-refractivity contribution in [2.24, 2.45) is 0 Å². The van der Waals surface area contributed by atoms with E-state index in [0.29, 0.717) is 5.69 Å². The first-order valence-corrected chi connectivity index (χ1v) is 5.87. The summed E-state index contributed by atoms with van der Waals surface area (Å²) in [4.78, 5) is 0. The maximum atomic E-state index is 13.0. The molecule has 18 heavy (non-hydrogen) atoms. The zero-order valence-corrected chi connectivity index (χ0v) is 10.8. The Morgan fingerprint density at radius 3 is 2.22 bits per heavy atom. The molecule has 0 radical (unpaired) electrons. The third-order valence-corrected chi connectivity index (χ3v) is 3.12. The molecule has 0 spiro atoms. The minimum atomic E-state index is -0.324. The van der Waals surface area contributed by atoms with Gasteiger partial charge in [0.15, 0.2) is 0 Å². The quantitative estimate of drug-likeness (QED) is 0.781. The Balaban J connectivity index is 2.37. The van der Waals surface area contributed by atoms with Crippen LogP contribution in [0.25, 0.3) is 0 Å². The molecule has 0 saturated carbocycles. The molecule has 2 rings (SSSR count). The van der Waals surface area contributed by atoms with Gasteiger partial charge in [0.25, 0.3) is 0 Å². The molecule has 2 aromatic carbocycles. The van der Waals surface area contributed by atoms with Crippen molar-refractivity contribution in [1.29, 1.82) is 0 Å². The highest BCUT2D eigenvalue weighted by Gasteiger charge is 2.05. The van der Waals surface area contributed by atoms with Crippen LogP contribution >= 0.6 is 0 Å². The number of benzene rings is 2. The lowest BCUT2D eigenvalue weighted by Gasteiger charge is -2.14. The van der Waals surface area contributed by atoms with Gasteiger partial charge in [0, 0.05) is 5.69 Å². The number of hydrogen-bond acceptors (Lipinski definition) is 2. The molecular formula is C15H17FN2. The van der Waals surface area contributed by atoms with Gasteiger partial charge in [-0.2, -0.15) is 0 Å². The largest absolute Gasteiger partial charge is 0.397 e. The molecular weight excluding hydrogens is 227 g/mol. The minimum Gasteiger partial charge on any atom is -0.397 e. The molecule has 94 valence electrons. The van der Waals surface area contributed by atoms with Gasteiger partial charge in [-0.15, -0.1) is 0 Å². The van der Waals surface area contributed by atoms with E-state index in [9.17, 15) is 4.39 Å². The number of aryl methyl sites for hydroxylation is 3. The van der Waals surface area contributed by atoms with Crippen molar-refractivity contribution >= 4 is 17.1 Å². The first kappa shape index (κ1) is 12.4. The summed E-state index contributed by atoms with van der Waals surface area (Å²) in [5.41, 5.74) is 11.5. The van der Waals surface area contributed by atoms with Crippen LogP contribution in [-0.2, 0) is 0 Å². The summed E-state index contributed by atoms with van der Waals surface area (Å²) in [6.45, 7) is 6.18. The van der Waals surface area contributed by atoms with E-state index in [1.165, 1.54) is 23.3 Å². The summed E-state index contributed by atoms with van der Waals surface area (Å²) in [6, 6.07) is 8.57. The molecule has 0 aromatic heterocycles. The standard InChI is InChI=1S/C15H17FN2/c1-9-6-11(3)15(7-10(9)2)18-14-5-4-12(16)8-13(14)17/h4-8,18H,17H2,1-3H3. The maximum absolute atomic E-state index is 13.0. The van der Waals surface area contributed by atoms with Crippen LogP contribution in [0, 0.1) is 26.6 Å². The highest BCUT2D eigenvalue weighted by Crippen LogP contribution is 2.27. The lowest BCUT2D eigenvalue weighted by molar-refractivity contribution is 0.628. The van der Waals surface area contributed by atoms with Crippen LogP contribution in [-0.4, -0.2) is 0 Å². The van der Waals surface area contributed by atoms with Crippen molar-refractivity contribution < 1.29 is 4.39 Å². The zero-order chi connectivity index (χ0) is 13.3. The second-order valence-corrected chi connectivity index (χ2v) is 4.61. The van der Waals surface area contributed by atoms with Gasteiger partial charge in [-0.1, -0.05) is 6.07 Å². The van der Waals surface area contributed by atoms with Crippen molar-refractivity contribution in [2.75, 3.05) is 11.1 Å². The van der Waals surface area contributed by atoms with Gasteiger partial charge in [-0.3, -0.25) is 0 Å². The molecule has 0 saturated heterocycles. The smallest absolute Gasteiger partial charge is 0.125 e. The third-order valence-electron chi connectivity index (χ3n) is 3.12. The number of nitrogens with two attached hydrogens (primary N) is 1. The summed E-state index contributed by atoms with van der Waals surface area (Å²) in [5.74, 6) is -0.324. The van der Waals surface area contributed by atoms with Gasteiger partial charge in [0.2, 0.25) is 0 Å². The lowest BCUT2D eigenvalue weighted by atomic mass is 10.0. The first-order valence-electron chi connectivity index (χ1n) is 5.87. The SMILES string of the molecule is Cc1cc(C)c(Nc2ccc(F)cc2N)cc1C. The van der Waals surface area contributed by atoms with Gasteiger partial charge in [-0.05, 0) is 61.7 Å². The maximum Gasteiger partial charge on any atom is 0.125 e. The fourth-order valence-corrected chi connectivity index (χ4v) is 1.89. The first-order chi connectivity index (χ1) is 8.47. The summed E-state index contributed by atoms with van der Waals surface area (Å²) in [6.07, 6.45) is 0. The van der Waals surface area contributed by atoms with Crippen LogP contribution in [0.4, 0.5) is 21.5 Å². The van der Waals surface area contributed by atoms with Gasteiger partial charge in [-0.25, -0.2) is 4.39 Å². The van der Waals surface area contributed by atoms with E-state index >= 15 is 0 Å². The number of halogens is 1. The molecule has 0 aliphatic carbocycles. The van der Waals surface area contributed by atoms with Crippen LogP contribution in [0.5, 0.6) is 0 Å². The van der Waals surface area contributed by atoms with Crippen molar-refractivity contribution in [3.05, 3.63) is 52.8 Å². The van der Waals surface area contributed by atoms with E-state index in [2.05, 4.69) is 31.3 Å². The molecule has 3 heteroatoms.